The third kappa shape index (κ3) is 3.27. The Balaban J connectivity index is 2.02. The van der Waals surface area contributed by atoms with E-state index in [9.17, 15) is 14.7 Å². The number of ether oxygens (including phenoxy) is 1. The predicted octanol–water partition coefficient (Wildman–Crippen LogP) is 3.67. The van der Waals surface area contributed by atoms with Crippen LogP contribution in [-0.2, 0) is 9.59 Å². The number of para-hydroxylation sites is 1. The van der Waals surface area contributed by atoms with E-state index in [4.69, 9.17) is 16.3 Å². The molecule has 26 heavy (non-hydrogen) atoms. The second kappa shape index (κ2) is 7.39. The van der Waals surface area contributed by atoms with Crippen molar-refractivity contribution < 1.29 is 19.4 Å². The number of aromatic hydroxyl groups is 1. The number of nitrogens with zero attached hydrogens (tertiary/aromatic N) is 1. The molecule has 0 radical (unpaired) electrons. The van der Waals surface area contributed by atoms with Crippen molar-refractivity contribution in [3.63, 3.8) is 0 Å². The highest BCUT2D eigenvalue weighted by molar-refractivity contribution is 9.10. The Morgan fingerprint density at radius 2 is 2.00 bits per heavy atom. The van der Waals surface area contributed by atoms with Crippen molar-refractivity contribution in [2.75, 3.05) is 11.6 Å². The highest BCUT2D eigenvalue weighted by atomic mass is 79.9. The maximum Gasteiger partial charge on any atom is 0.282 e. The minimum Gasteiger partial charge on any atom is -0.503 e. The summed E-state index contributed by atoms with van der Waals surface area (Å²) in [4.78, 5) is 24.9. The van der Waals surface area contributed by atoms with Gasteiger partial charge in [-0.1, -0.05) is 29.8 Å². The predicted molar refractivity (Wildman–Crippen MR) is 102 cm³/mol. The second-order valence-electron chi connectivity index (χ2n) is 5.35. The summed E-state index contributed by atoms with van der Waals surface area (Å²) in [5.41, 5.74) is 3.45. The third-order valence-electron chi connectivity index (χ3n) is 3.68. The quantitative estimate of drug-likeness (QED) is 0.565. The number of hydrogen-bond donors (Lipinski definition) is 2. The highest BCUT2D eigenvalue weighted by Crippen LogP contribution is 2.42. The van der Waals surface area contributed by atoms with Gasteiger partial charge in [0.2, 0.25) is 0 Å². The zero-order chi connectivity index (χ0) is 18.8. The van der Waals surface area contributed by atoms with E-state index in [1.807, 2.05) is 6.07 Å². The van der Waals surface area contributed by atoms with Crippen molar-refractivity contribution in [3.8, 4) is 11.5 Å². The number of phenols is 1. The van der Waals surface area contributed by atoms with Gasteiger partial charge in [0.15, 0.2) is 11.5 Å². The Bertz CT molecular complexity index is 915. The molecule has 2 aromatic carbocycles. The minimum atomic E-state index is -0.534. The van der Waals surface area contributed by atoms with Crippen molar-refractivity contribution in [1.82, 2.24) is 5.43 Å². The summed E-state index contributed by atoms with van der Waals surface area (Å²) in [7, 11) is 0. The van der Waals surface area contributed by atoms with Crippen LogP contribution in [-0.4, -0.2) is 23.5 Å². The average molecular weight is 438 g/mol. The van der Waals surface area contributed by atoms with Crippen molar-refractivity contribution in [2.24, 2.45) is 0 Å². The molecule has 1 saturated heterocycles. The van der Waals surface area contributed by atoms with E-state index in [1.54, 1.807) is 31.2 Å². The number of carbonyl (C=O) groups excluding carboxylic acids is 2. The van der Waals surface area contributed by atoms with Crippen LogP contribution in [0, 0.1) is 0 Å². The number of carbonyl (C=O) groups is 2. The summed E-state index contributed by atoms with van der Waals surface area (Å²) >= 11 is 9.38. The van der Waals surface area contributed by atoms with E-state index in [0.29, 0.717) is 22.3 Å². The zero-order valence-electron chi connectivity index (χ0n) is 13.6. The summed E-state index contributed by atoms with van der Waals surface area (Å²) in [6, 6.07) is 10.3. The van der Waals surface area contributed by atoms with Crippen molar-refractivity contribution in [2.45, 2.75) is 6.92 Å². The Hall–Kier alpha value is -2.51. The van der Waals surface area contributed by atoms with E-state index >= 15 is 0 Å². The number of nitrogens with one attached hydrogen (secondary N) is 1. The Kier molecular flexibility index (Phi) is 5.20. The summed E-state index contributed by atoms with van der Waals surface area (Å²) in [6.07, 6.45) is 1.40. The SMILES string of the molecule is CCOc1cc(C=C2C(=O)NN(c3ccccc3)C2=O)c(Br)c(Cl)c1O. The van der Waals surface area contributed by atoms with Crippen LogP contribution in [0.1, 0.15) is 12.5 Å². The molecular weight excluding hydrogens is 424 g/mol. The number of phenolic OH excluding ortho intramolecular Hbond substituents is 1. The number of anilines is 1. The molecule has 2 amide bonds. The number of hydrazine groups is 1. The van der Waals surface area contributed by atoms with Gasteiger partial charge in [0, 0.05) is 4.47 Å². The molecule has 0 aliphatic carbocycles. The molecule has 8 heteroatoms. The first kappa shape index (κ1) is 18.3. The molecule has 0 bridgehead atoms. The fourth-order valence-corrected chi connectivity index (χ4v) is 3.07. The lowest BCUT2D eigenvalue weighted by Gasteiger charge is -2.14. The summed E-state index contributed by atoms with van der Waals surface area (Å²) in [6.45, 7) is 2.09. The molecule has 134 valence electrons. The highest BCUT2D eigenvalue weighted by Gasteiger charge is 2.34. The lowest BCUT2D eigenvalue weighted by Crippen LogP contribution is -2.35. The lowest BCUT2D eigenvalue weighted by molar-refractivity contribution is -0.117. The second-order valence-corrected chi connectivity index (χ2v) is 6.52. The van der Waals surface area contributed by atoms with Gasteiger partial charge in [-0.25, -0.2) is 5.01 Å². The van der Waals surface area contributed by atoms with Crippen LogP contribution >= 0.6 is 27.5 Å². The molecule has 2 N–H and O–H groups in total. The first-order chi connectivity index (χ1) is 12.4. The molecule has 2 aromatic rings. The summed E-state index contributed by atoms with van der Waals surface area (Å²) in [5, 5.41) is 11.2. The maximum atomic E-state index is 12.6. The molecular formula is C18H14BrClN2O4. The Morgan fingerprint density at radius 1 is 1.31 bits per heavy atom. The van der Waals surface area contributed by atoms with Crippen LogP contribution in [0.25, 0.3) is 6.08 Å². The molecule has 0 unspecified atom stereocenters. The largest absolute Gasteiger partial charge is 0.503 e. The fraction of sp³-hybridized carbons (Fsp3) is 0.111. The van der Waals surface area contributed by atoms with Crippen molar-refractivity contribution in [1.29, 1.82) is 0 Å². The van der Waals surface area contributed by atoms with E-state index in [1.165, 1.54) is 17.2 Å². The lowest BCUT2D eigenvalue weighted by atomic mass is 10.1. The van der Waals surface area contributed by atoms with Gasteiger partial charge in [-0.15, -0.1) is 0 Å². The zero-order valence-corrected chi connectivity index (χ0v) is 16.0. The average Bonchev–Trinajstić information content (AvgIpc) is 2.92. The number of hydrogen-bond acceptors (Lipinski definition) is 4. The molecule has 1 fully saturated rings. The third-order valence-corrected chi connectivity index (χ3v) is 5.13. The molecule has 0 aromatic heterocycles. The van der Waals surface area contributed by atoms with Gasteiger partial charge >= 0.3 is 0 Å². The van der Waals surface area contributed by atoms with E-state index < -0.39 is 11.8 Å². The van der Waals surface area contributed by atoms with Crippen LogP contribution in [0.15, 0.2) is 46.4 Å². The van der Waals surface area contributed by atoms with Crippen LogP contribution in [0.4, 0.5) is 5.69 Å². The fourth-order valence-electron chi connectivity index (χ4n) is 2.45. The van der Waals surface area contributed by atoms with Crippen LogP contribution in [0.5, 0.6) is 11.5 Å². The van der Waals surface area contributed by atoms with Crippen molar-refractivity contribution in [3.05, 3.63) is 57.0 Å². The number of halogens is 2. The molecule has 0 spiro atoms. The van der Waals surface area contributed by atoms with E-state index in [2.05, 4.69) is 21.4 Å². The van der Waals surface area contributed by atoms with Gasteiger partial charge in [0.05, 0.1) is 12.3 Å². The maximum absolute atomic E-state index is 12.6. The number of amides is 2. The summed E-state index contributed by atoms with van der Waals surface area (Å²) < 4.78 is 5.69. The Labute approximate surface area is 163 Å². The molecule has 0 saturated carbocycles. The normalized spacial score (nSPS) is 15.5. The summed E-state index contributed by atoms with van der Waals surface area (Å²) in [5.74, 6) is -1.07. The van der Waals surface area contributed by atoms with E-state index in [0.717, 1.165) is 0 Å². The molecule has 1 aliphatic heterocycles. The van der Waals surface area contributed by atoms with Crippen LogP contribution < -0.4 is 15.2 Å². The molecule has 6 nitrogen and oxygen atoms in total. The minimum absolute atomic E-state index is 0.0357. The molecule has 3 rings (SSSR count). The standard InChI is InChI=1S/C18H14BrClN2O4/c1-2-26-13-9-10(14(19)15(20)16(13)23)8-12-17(24)21-22(18(12)25)11-6-4-3-5-7-11/h3-9,23H,2H2,1H3,(H,21,24). The first-order valence-corrected chi connectivity index (χ1v) is 8.87. The monoisotopic (exact) mass is 436 g/mol. The molecule has 0 atom stereocenters. The van der Waals surface area contributed by atoms with Crippen LogP contribution in [0.3, 0.4) is 0 Å². The van der Waals surface area contributed by atoms with Gasteiger partial charge in [-0.2, -0.15) is 0 Å². The topological polar surface area (TPSA) is 78.9 Å². The van der Waals surface area contributed by atoms with Crippen molar-refractivity contribution >= 4 is 51.1 Å². The Morgan fingerprint density at radius 3 is 2.65 bits per heavy atom. The smallest absolute Gasteiger partial charge is 0.282 e. The number of benzene rings is 2. The van der Waals surface area contributed by atoms with Gasteiger partial charge < -0.3 is 9.84 Å². The van der Waals surface area contributed by atoms with Gasteiger partial charge in [0.25, 0.3) is 11.8 Å². The first-order valence-electron chi connectivity index (χ1n) is 7.70. The van der Waals surface area contributed by atoms with Gasteiger partial charge in [-0.05, 0) is 52.7 Å². The van der Waals surface area contributed by atoms with E-state index in [-0.39, 0.29) is 22.1 Å². The van der Waals surface area contributed by atoms with Gasteiger partial charge in [-0.3, -0.25) is 15.0 Å². The van der Waals surface area contributed by atoms with Gasteiger partial charge in [0.1, 0.15) is 10.6 Å². The van der Waals surface area contributed by atoms with Crippen LogP contribution in [0.2, 0.25) is 5.02 Å². The molecule has 1 heterocycles. The molecule has 1 aliphatic rings. The number of rotatable bonds is 4.